The molecule has 1 fully saturated rings. The number of amides is 1. The first-order chi connectivity index (χ1) is 13.9. The van der Waals surface area contributed by atoms with Gasteiger partial charge in [-0.25, -0.2) is 4.98 Å². The molecule has 7 N–H and O–H groups in total. The van der Waals surface area contributed by atoms with E-state index in [2.05, 4.69) is 20.3 Å². The molecule has 0 spiro atoms. The van der Waals surface area contributed by atoms with Crippen LogP contribution in [0.5, 0.6) is 0 Å². The van der Waals surface area contributed by atoms with Gasteiger partial charge in [-0.3, -0.25) is 19.1 Å². The van der Waals surface area contributed by atoms with Crippen LogP contribution in [0.3, 0.4) is 0 Å². The molecule has 1 amide bonds. The Hall–Kier alpha value is -3.32. The summed E-state index contributed by atoms with van der Waals surface area (Å²) in [4.78, 5) is 34.4. The van der Waals surface area contributed by atoms with Gasteiger partial charge in [-0.1, -0.05) is 0 Å². The fourth-order valence-corrected chi connectivity index (χ4v) is 3.14. The molecule has 4 rings (SSSR count). The molecular formula is C17H18N6O6. The van der Waals surface area contributed by atoms with Crippen molar-refractivity contribution in [1.82, 2.24) is 19.5 Å². The zero-order valence-electron chi connectivity index (χ0n) is 14.9. The predicted molar refractivity (Wildman–Crippen MR) is 99.4 cm³/mol. The van der Waals surface area contributed by atoms with Gasteiger partial charge in [0.15, 0.2) is 17.4 Å². The van der Waals surface area contributed by atoms with Crippen LogP contribution in [0.15, 0.2) is 35.4 Å². The molecule has 3 heterocycles. The van der Waals surface area contributed by atoms with Crippen molar-refractivity contribution in [2.24, 2.45) is 5.73 Å². The number of primary amides is 1. The van der Waals surface area contributed by atoms with Crippen LogP contribution < -0.4 is 16.6 Å². The van der Waals surface area contributed by atoms with Crippen molar-refractivity contribution in [3.05, 3.63) is 46.5 Å². The molecule has 4 atom stereocenters. The molecule has 12 heteroatoms. The number of carbonyl (C=O) groups is 1. The van der Waals surface area contributed by atoms with Gasteiger partial charge in [0.05, 0.1) is 12.9 Å². The van der Waals surface area contributed by atoms with Gasteiger partial charge in [-0.2, -0.15) is 4.98 Å². The van der Waals surface area contributed by atoms with Crippen molar-refractivity contribution in [3.8, 4) is 0 Å². The Labute approximate surface area is 162 Å². The molecule has 0 radical (unpaired) electrons. The monoisotopic (exact) mass is 402 g/mol. The molecule has 12 nitrogen and oxygen atoms in total. The van der Waals surface area contributed by atoms with Gasteiger partial charge in [0.2, 0.25) is 11.9 Å². The number of hydrogen-bond donors (Lipinski definition) is 6. The van der Waals surface area contributed by atoms with Gasteiger partial charge in [-0.15, -0.1) is 0 Å². The van der Waals surface area contributed by atoms with Gasteiger partial charge in [0.25, 0.3) is 5.56 Å². The molecule has 0 bridgehead atoms. The largest absolute Gasteiger partial charge is 0.394 e. The number of imidazole rings is 1. The van der Waals surface area contributed by atoms with E-state index < -0.39 is 42.6 Å². The van der Waals surface area contributed by atoms with Crippen LogP contribution in [0.4, 0.5) is 11.6 Å². The molecule has 0 unspecified atom stereocenters. The van der Waals surface area contributed by atoms with E-state index in [1.165, 1.54) is 23.0 Å². The van der Waals surface area contributed by atoms with E-state index in [1.54, 1.807) is 12.1 Å². The zero-order valence-corrected chi connectivity index (χ0v) is 14.9. The second-order valence-corrected chi connectivity index (χ2v) is 6.53. The van der Waals surface area contributed by atoms with Crippen LogP contribution in [-0.2, 0) is 4.74 Å². The number of ether oxygens (including phenoxy) is 1. The van der Waals surface area contributed by atoms with Crippen molar-refractivity contribution in [2.45, 2.75) is 24.5 Å². The SMILES string of the molecule is NC(=O)c1ccc(Nc2nc3c(ncn3[C@@H]3O[C@H](CO)[C@@H](O)[C@H]3O)c(=O)[nH]2)cc1. The Balaban J connectivity index is 1.68. The summed E-state index contributed by atoms with van der Waals surface area (Å²) in [5, 5.41) is 32.4. The molecule has 1 aliphatic heterocycles. The number of carbonyl (C=O) groups excluding carboxylic acids is 1. The molecule has 3 aromatic rings. The quantitative estimate of drug-likeness (QED) is 0.297. The Morgan fingerprint density at radius 3 is 2.62 bits per heavy atom. The minimum absolute atomic E-state index is 0.0114. The molecule has 0 saturated carbocycles. The van der Waals surface area contributed by atoms with E-state index in [4.69, 9.17) is 10.5 Å². The highest BCUT2D eigenvalue weighted by Gasteiger charge is 2.44. The standard InChI is InChI=1S/C17H18N6O6/c18-13(27)7-1-3-8(4-2-7)20-17-21-14-10(15(28)22-17)19-6-23(14)16-12(26)11(25)9(5-24)29-16/h1-4,6,9,11-12,16,24-26H,5H2,(H2,18,27)(H2,20,21,22,28)/t9-,11-,12-,16-/m1/s1. The Morgan fingerprint density at radius 2 is 2.00 bits per heavy atom. The predicted octanol–water partition coefficient (Wildman–Crippen LogP) is -1.43. The van der Waals surface area contributed by atoms with Gasteiger partial charge in [0, 0.05) is 11.3 Å². The number of nitrogens with one attached hydrogen (secondary N) is 2. The lowest BCUT2D eigenvalue weighted by molar-refractivity contribution is -0.0511. The van der Waals surface area contributed by atoms with Crippen molar-refractivity contribution in [2.75, 3.05) is 11.9 Å². The van der Waals surface area contributed by atoms with Crippen molar-refractivity contribution >= 4 is 28.7 Å². The van der Waals surface area contributed by atoms with E-state index in [0.717, 1.165) is 0 Å². The summed E-state index contributed by atoms with van der Waals surface area (Å²) in [6, 6.07) is 6.22. The Morgan fingerprint density at radius 1 is 1.28 bits per heavy atom. The molecule has 29 heavy (non-hydrogen) atoms. The highest BCUT2D eigenvalue weighted by Crippen LogP contribution is 2.31. The lowest BCUT2D eigenvalue weighted by atomic mass is 10.1. The molecular weight excluding hydrogens is 384 g/mol. The number of aliphatic hydroxyl groups is 3. The number of nitrogens with two attached hydrogens (primary N) is 1. The number of nitrogens with zero attached hydrogens (tertiary/aromatic N) is 3. The molecule has 1 saturated heterocycles. The average Bonchev–Trinajstić information content (AvgIpc) is 3.24. The number of fused-ring (bicyclic) bond motifs is 1. The number of H-pyrrole nitrogens is 1. The Kier molecular flexibility index (Phi) is 4.76. The zero-order chi connectivity index (χ0) is 20.7. The average molecular weight is 402 g/mol. The van der Waals surface area contributed by atoms with E-state index in [0.29, 0.717) is 11.3 Å². The Bertz CT molecular complexity index is 1110. The van der Waals surface area contributed by atoms with Crippen LogP contribution >= 0.6 is 0 Å². The molecule has 0 aliphatic carbocycles. The van der Waals surface area contributed by atoms with E-state index >= 15 is 0 Å². The maximum atomic E-state index is 12.4. The van der Waals surface area contributed by atoms with Gasteiger partial charge in [-0.05, 0) is 24.3 Å². The molecule has 152 valence electrons. The smallest absolute Gasteiger partial charge is 0.280 e. The summed E-state index contributed by atoms with van der Waals surface area (Å²) >= 11 is 0. The summed E-state index contributed by atoms with van der Waals surface area (Å²) in [6.07, 6.45) is -3.44. The highest BCUT2D eigenvalue weighted by molar-refractivity contribution is 5.93. The number of aromatic amines is 1. The lowest BCUT2D eigenvalue weighted by Crippen LogP contribution is -2.33. The third-order valence-corrected chi connectivity index (χ3v) is 4.66. The first kappa shape index (κ1) is 19.0. The van der Waals surface area contributed by atoms with E-state index in [9.17, 15) is 24.9 Å². The second-order valence-electron chi connectivity index (χ2n) is 6.53. The lowest BCUT2D eigenvalue weighted by Gasteiger charge is -2.16. The molecule has 1 aromatic carbocycles. The maximum Gasteiger partial charge on any atom is 0.280 e. The minimum Gasteiger partial charge on any atom is -0.394 e. The third-order valence-electron chi connectivity index (χ3n) is 4.66. The van der Waals surface area contributed by atoms with Crippen molar-refractivity contribution in [3.63, 3.8) is 0 Å². The van der Waals surface area contributed by atoms with Crippen LogP contribution in [0, 0.1) is 0 Å². The van der Waals surface area contributed by atoms with Gasteiger partial charge in [0.1, 0.15) is 18.3 Å². The van der Waals surface area contributed by atoms with E-state index in [1.807, 2.05) is 0 Å². The van der Waals surface area contributed by atoms with Crippen molar-refractivity contribution < 1.29 is 24.9 Å². The second kappa shape index (κ2) is 7.25. The number of benzene rings is 1. The topological polar surface area (TPSA) is 189 Å². The fourth-order valence-electron chi connectivity index (χ4n) is 3.14. The number of aromatic nitrogens is 4. The highest BCUT2D eigenvalue weighted by atomic mass is 16.6. The van der Waals surface area contributed by atoms with Crippen LogP contribution in [0.1, 0.15) is 16.6 Å². The summed E-state index contributed by atoms with van der Waals surface area (Å²) in [5.74, 6) is -0.477. The summed E-state index contributed by atoms with van der Waals surface area (Å²) < 4.78 is 6.79. The minimum atomic E-state index is -1.34. The third kappa shape index (κ3) is 3.34. The molecule has 2 aromatic heterocycles. The van der Waals surface area contributed by atoms with Gasteiger partial charge >= 0.3 is 0 Å². The number of aliphatic hydroxyl groups excluding tert-OH is 3. The van der Waals surface area contributed by atoms with Crippen LogP contribution in [0.2, 0.25) is 0 Å². The normalized spacial score (nSPS) is 24.1. The fraction of sp³-hybridized carbons (Fsp3) is 0.294. The number of hydrogen-bond acceptors (Lipinski definition) is 9. The van der Waals surface area contributed by atoms with Crippen LogP contribution in [0.25, 0.3) is 11.2 Å². The molecule has 1 aliphatic rings. The number of rotatable bonds is 5. The van der Waals surface area contributed by atoms with Crippen molar-refractivity contribution in [1.29, 1.82) is 0 Å². The summed E-state index contributed by atoms with van der Waals surface area (Å²) in [5.41, 5.74) is 5.67. The maximum absolute atomic E-state index is 12.4. The summed E-state index contributed by atoms with van der Waals surface area (Å²) in [7, 11) is 0. The number of anilines is 2. The first-order valence-corrected chi connectivity index (χ1v) is 8.65. The van der Waals surface area contributed by atoms with E-state index in [-0.39, 0.29) is 17.1 Å². The van der Waals surface area contributed by atoms with Crippen LogP contribution in [-0.4, -0.2) is 65.7 Å². The van der Waals surface area contributed by atoms with Gasteiger partial charge < -0.3 is 31.1 Å². The first-order valence-electron chi connectivity index (χ1n) is 8.65. The summed E-state index contributed by atoms with van der Waals surface area (Å²) in [6.45, 7) is -0.483.